The summed E-state index contributed by atoms with van der Waals surface area (Å²) in [6.07, 6.45) is 9.61. The Morgan fingerprint density at radius 2 is 2.55 bits per heavy atom. The maximum atomic E-state index is 5.95. The van der Waals surface area contributed by atoms with Crippen LogP contribution in [0, 0.1) is 12.3 Å². The molecule has 62 valence electrons. The molecular weight excluding hydrogens is 154 g/mol. The summed E-state index contributed by atoms with van der Waals surface area (Å²) in [7, 11) is 0. The number of hydrogen-bond donors (Lipinski definition) is 1. The number of terminal acetylenes is 1. The SMILES string of the molecule is C#CCCC(N)C1CCCS1. The molecule has 0 bridgehead atoms. The average molecular weight is 169 g/mol. The molecule has 1 fully saturated rings. The lowest BCUT2D eigenvalue weighted by atomic mass is 10.1. The average Bonchev–Trinajstić information content (AvgIpc) is 2.52. The van der Waals surface area contributed by atoms with E-state index in [1.165, 1.54) is 18.6 Å². The van der Waals surface area contributed by atoms with Crippen molar-refractivity contribution in [2.45, 2.75) is 37.0 Å². The fraction of sp³-hybridized carbons (Fsp3) is 0.778. The van der Waals surface area contributed by atoms with Crippen LogP contribution in [-0.4, -0.2) is 17.0 Å². The van der Waals surface area contributed by atoms with Crippen molar-refractivity contribution in [2.75, 3.05) is 5.75 Å². The van der Waals surface area contributed by atoms with E-state index in [9.17, 15) is 0 Å². The third-order valence-electron chi connectivity index (χ3n) is 2.06. The van der Waals surface area contributed by atoms with Gasteiger partial charge in [-0.3, -0.25) is 0 Å². The second kappa shape index (κ2) is 4.69. The molecule has 1 nitrogen and oxygen atoms in total. The predicted octanol–water partition coefficient (Wildman–Crippen LogP) is 1.62. The Kier molecular flexibility index (Phi) is 3.82. The summed E-state index contributed by atoms with van der Waals surface area (Å²) >= 11 is 2.01. The van der Waals surface area contributed by atoms with Gasteiger partial charge in [-0.05, 0) is 25.0 Å². The molecule has 1 saturated heterocycles. The summed E-state index contributed by atoms with van der Waals surface area (Å²) in [6.45, 7) is 0. The molecule has 0 aliphatic carbocycles. The number of hydrogen-bond acceptors (Lipinski definition) is 2. The number of nitrogens with two attached hydrogens (primary N) is 1. The minimum atomic E-state index is 0.332. The number of rotatable bonds is 3. The first-order valence-corrected chi connectivity index (χ1v) is 5.20. The molecule has 0 aromatic heterocycles. The van der Waals surface area contributed by atoms with Crippen LogP contribution in [0.4, 0.5) is 0 Å². The molecule has 2 heteroatoms. The molecule has 0 aromatic carbocycles. The summed E-state index contributed by atoms with van der Waals surface area (Å²) in [4.78, 5) is 0. The van der Waals surface area contributed by atoms with Crippen LogP contribution in [0.15, 0.2) is 0 Å². The molecule has 0 saturated carbocycles. The zero-order valence-corrected chi connectivity index (χ0v) is 7.57. The Hall–Kier alpha value is -0.130. The summed E-state index contributed by atoms with van der Waals surface area (Å²) in [5.74, 6) is 3.92. The van der Waals surface area contributed by atoms with E-state index in [4.69, 9.17) is 12.2 Å². The zero-order chi connectivity index (χ0) is 8.10. The van der Waals surface area contributed by atoms with E-state index in [0.717, 1.165) is 12.8 Å². The standard InChI is InChI=1S/C9H15NS/c1-2-3-5-8(10)9-6-4-7-11-9/h1,8-9H,3-7,10H2. The smallest absolute Gasteiger partial charge is 0.0199 e. The van der Waals surface area contributed by atoms with Crippen LogP contribution in [-0.2, 0) is 0 Å². The van der Waals surface area contributed by atoms with Gasteiger partial charge >= 0.3 is 0 Å². The highest BCUT2D eigenvalue weighted by Crippen LogP contribution is 2.29. The minimum absolute atomic E-state index is 0.332. The van der Waals surface area contributed by atoms with E-state index in [1.54, 1.807) is 0 Å². The van der Waals surface area contributed by atoms with Crippen molar-refractivity contribution in [2.24, 2.45) is 5.73 Å². The molecule has 2 atom stereocenters. The second-order valence-corrected chi connectivity index (χ2v) is 4.31. The van der Waals surface area contributed by atoms with E-state index in [0.29, 0.717) is 11.3 Å². The van der Waals surface area contributed by atoms with Crippen molar-refractivity contribution in [1.82, 2.24) is 0 Å². The Labute approximate surface area is 73.1 Å². The van der Waals surface area contributed by atoms with Crippen molar-refractivity contribution in [3.05, 3.63) is 0 Å². The van der Waals surface area contributed by atoms with Gasteiger partial charge in [0.15, 0.2) is 0 Å². The summed E-state index contributed by atoms with van der Waals surface area (Å²) in [5.41, 5.74) is 5.95. The largest absolute Gasteiger partial charge is 0.327 e. The van der Waals surface area contributed by atoms with E-state index in [2.05, 4.69) is 5.92 Å². The van der Waals surface area contributed by atoms with Crippen LogP contribution in [0.25, 0.3) is 0 Å². The van der Waals surface area contributed by atoms with Crippen molar-refractivity contribution < 1.29 is 0 Å². The van der Waals surface area contributed by atoms with Gasteiger partial charge in [-0.2, -0.15) is 11.8 Å². The van der Waals surface area contributed by atoms with Crippen LogP contribution in [0.5, 0.6) is 0 Å². The monoisotopic (exact) mass is 169 g/mol. The first-order valence-electron chi connectivity index (χ1n) is 4.15. The predicted molar refractivity (Wildman–Crippen MR) is 51.5 cm³/mol. The molecule has 0 amide bonds. The molecule has 0 spiro atoms. The first kappa shape index (κ1) is 8.96. The quantitative estimate of drug-likeness (QED) is 0.650. The summed E-state index contributed by atoms with van der Waals surface area (Å²) in [5, 5.41) is 0.684. The lowest BCUT2D eigenvalue weighted by Gasteiger charge is -2.16. The normalized spacial score (nSPS) is 26.4. The van der Waals surface area contributed by atoms with Crippen molar-refractivity contribution in [1.29, 1.82) is 0 Å². The van der Waals surface area contributed by atoms with Gasteiger partial charge in [-0.25, -0.2) is 0 Å². The molecule has 0 aromatic rings. The molecule has 1 rings (SSSR count). The third kappa shape index (κ3) is 2.76. The van der Waals surface area contributed by atoms with E-state index >= 15 is 0 Å². The summed E-state index contributed by atoms with van der Waals surface area (Å²) < 4.78 is 0. The highest BCUT2D eigenvalue weighted by Gasteiger charge is 2.21. The maximum absolute atomic E-state index is 5.95. The molecule has 2 N–H and O–H groups in total. The van der Waals surface area contributed by atoms with E-state index in [-0.39, 0.29) is 0 Å². The topological polar surface area (TPSA) is 26.0 Å². The highest BCUT2D eigenvalue weighted by atomic mass is 32.2. The van der Waals surface area contributed by atoms with Gasteiger partial charge in [-0.15, -0.1) is 12.3 Å². The van der Waals surface area contributed by atoms with Gasteiger partial charge in [0.25, 0.3) is 0 Å². The van der Waals surface area contributed by atoms with Gasteiger partial charge in [-0.1, -0.05) is 0 Å². The van der Waals surface area contributed by atoms with Crippen LogP contribution in [0.1, 0.15) is 25.7 Å². The van der Waals surface area contributed by atoms with Gasteiger partial charge in [0.1, 0.15) is 0 Å². The zero-order valence-electron chi connectivity index (χ0n) is 6.75. The van der Waals surface area contributed by atoms with Gasteiger partial charge < -0.3 is 5.73 Å². The molecule has 1 aliphatic rings. The molecule has 1 aliphatic heterocycles. The van der Waals surface area contributed by atoms with Crippen LogP contribution < -0.4 is 5.73 Å². The highest BCUT2D eigenvalue weighted by molar-refractivity contribution is 8.00. The fourth-order valence-electron chi connectivity index (χ4n) is 1.38. The van der Waals surface area contributed by atoms with Crippen molar-refractivity contribution >= 4 is 11.8 Å². The van der Waals surface area contributed by atoms with E-state index < -0.39 is 0 Å². The fourth-order valence-corrected chi connectivity index (χ4v) is 2.73. The third-order valence-corrected chi connectivity index (χ3v) is 3.60. The lowest BCUT2D eigenvalue weighted by Crippen LogP contribution is -2.30. The van der Waals surface area contributed by atoms with E-state index in [1.807, 2.05) is 11.8 Å². The van der Waals surface area contributed by atoms with Crippen LogP contribution >= 0.6 is 11.8 Å². The lowest BCUT2D eigenvalue weighted by molar-refractivity contribution is 0.579. The molecule has 1 heterocycles. The van der Waals surface area contributed by atoms with Crippen molar-refractivity contribution in [3.63, 3.8) is 0 Å². The Morgan fingerprint density at radius 3 is 3.09 bits per heavy atom. The molecular formula is C9H15NS. The second-order valence-electron chi connectivity index (χ2n) is 2.96. The van der Waals surface area contributed by atoms with Crippen LogP contribution in [0.2, 0.25) is 0 Å². The Morgan fingerprint density at radius 1 is 1.73 bits per heavy atom. The van der Waals surface area contributed by atoms with Gasteiger partial charge in [0, 0.05) is 17.7 Å². The van der Waals surface area contributed by atoms with Crippen LogP contribution in [0.3, 0.4) is 0 Å². The van der Waals surface area contributed by atoms with Crippen molar-refractivity contribution in [3.8, 4) is 12.3 Å². The van der Waals surface area contributed by atoms with Gasteiger partial charge in [0.05, 0.1) is 0 Å². The molecule has 11 heavy (non-hydrogen) atoms. The first-order chi connectivity index (χ1) is 5.34. The molecule has 2 unspecified atom stereocenters. The molecule has 0 radical (unpaired) electrons. The Balaban J connectivity index is 2.18. The van der Waals surface area contributed by atoms with Gasteiger partial charge in [0.2, 0.25) is 0 Å². The maximum Gasteiger partial charge on any atom is 0.0199 e. The summed E-state index contributed by atoms with van der Waals surface area (Å²) in [6, 6.07) is 0.332. The minimum Gasteiger partial charge on any atom is -0.327 e. The number of thioether (sulfide) groups is 1. The Bertz CT molecular complexity index is 144.